The standard InChI is InChI=1S/C9H17N3O/c1-7-8(2)12(6-11-7)5-9(10)3-4-13/h6,9,13H,3-5,10H2,1-2H3. The lowest BCUT2D eigenvalue weighted by molar-refractivity contribution is 0.270. The molecular formula is C9H17N3O. The second-order valence-corrected chi connectivity index (χ2v) is 3.34. The van der Waals surface area contributed by atoms with E-state index in [4.69, 9.17) is 10.8 Å². The van der Waals surface area contributed by atoms with Crippen LogP contribution in [0, 0.1) is 13.8 Å². The van der Waals surface area contributed by atoms with Gasteiger partial charge in [-0.2, -0.15) is 0 Å². The van der Waals surface area contributed by atoms with E-state index in [1.807, 2.05) is 18.4 Å². The molecule has 0 radical (unpaired) electrons. The van der Waals surface area contributed by atoms with Crippen LogP contribution >= 0.6 is 0 Å². The highest BCUT2D eigenvalue weighted by atomic mass is 16.3. The van der Waals surface area contributed by atoms with Crippen LogP contribution in [0.15, 0.2) is 6.33 Å². The van der Waals surface area contributed by atoms with Crippen LogP contribution in [0.2, 0.25) is 0 Å². The Morgan fingerprint density at radius 1 is 1.62 bits per heavy atom. The summed E-state index contributed by atoms with van der Waals surface area (Å²) in [6.45, 7) is 4.87. The van der Waals surface area contributed by atoms with Crippen molar-refractivity contribution in [3.63, 3.8) is 0 Å². The number of hydrogen-bond donors (Lipinski definition) is 2. The molecule has 0 bridgehead atoms. The van der Waals surface area contributed by atoms with E-state index in [0.717, 1.165) is 17.9 Å². The molecule has 1 unspecified atom stereocenters. The van der Waals surface area contributed by atoms with Gasteiger partial charge in [-0.25, -0.2) is 4.98 Å². The molecule has 0 amide bonds. The molecule has 1 heterocycles. The Morgan fingerprint density at radius 3 is 2.77 bits per heavy atom. The van der Waals surface area contributed by atoms with Crippen molar-refractivity contribution in [2.45, 2.75) is 32.9 Å². The quantitative estimate of drug-likeness (QED) is 0.701. The first-order valence-electron chi connectivity index (χ1n) is 4.50. The van der Waals surface area contributed by atoms with Gasteiger partial charge in [-0.15, -0.1) is 0 Å². The lowest BCUT2D eigenvalue weighted by Gasteiger charge is -2.11. The minimum Gasteiger partial charge on any atom is -0.396 e. The van der Waals surface area contributed by atoms with Gasteiger partial charge < -0.3 is 15.4 Å². The Balaban J connectivity index is 2.58. The Bertz CT molecular complexity index is 270. The molecule has 1 aromatic rings. The predicted molar refractivity (Wildman–Crippen MR) is 51.4 cm³/mol. The Labute approximate surface area is 78.4 Å². The van der Waals surface area contributed by atoms with Gasteiger partial charge in [-0.1, -0.05) is 0 Å². The van der Waals surface area contributed by atoms with Crippen LogP contribution in [0.1, 0.15) is 17.8 Å². The van der Waals surface area contributed by atoms with E-state index in [1.54, 1.807) is 6.33 Å². The Morgan fingerprint density at radius 2 is 2.31 bits per heavy atom. The molecule has 0 aliphatic rings. The van der Waals surface area contributed by atoms with E-state index < -0.39 is 0 Å². The average molecular weight is 183 g/mol. The van der Waals surface area contributed by atoms with Crippen LogP contribution in [-0.2, 0) is 6.54 Å². The summed E-state index contributed by atoms with van der Waals surface area (Å²) in [6, 6.07) is 0.0114. The molecule has 13 heavy (non-hydrogen) atoms. The van der Waals surface area contributed by atoms with Crippen molar-refractivity contribution < 1.29 is 5.11 Å². The minimum absolute atomic E-state index is 0.0114. The molecular weight excluding hydrogens is 166 g/mol. The van der Waals surface area contributed by atoms with Crippen molar-refractivity contribution in [1.82, 2.24) is 9.55 Å². The molecule has 0 aliphatic carbocycles. The molecule has 0 aromatic carbocycles. The monoisotopic (exact) mass is 183 g/mol. The fourth-order valence-corrected chi connectivity index (χ4v) is 1.24. The summed E-state index contributed by atoms with van der Waals surface area (Å²) in [5, 5.41) is 8.68. The van der Waals surface area contributed by atoms with E-state index in [1.165, 1.54) is 0 Å². The number of nitrogens with two attached hydrogens (primary N) is 1. The van der Waals surface area contributed by atoms with Gasteiger partial charge in [0.2, 0.25) is 0 Å². The molecule has 0 saturated carbocycles. The zero-order valence-corrected chi connectivity index (χ0v) is 8.20. The molecule has 0 spiro atoms. The first-order valence-corrected chi connectivity index (χ1v) is 4.50. The normalized spacial score (nSPS) is 13.2. The van der Waals surface area contributed by atoms with E-state index in [0.29, 0.717) is 6.42 Å². The van der Waals surface area contributed by atoms with Gasteiger partial charge in [0.25, 0.3) is 0 Å². The molecule has 0 fully saturated rings. The summed E-state index contributed by atoms with van der Waals surface area (Å²) in [7, 11) is 0. The Kier molecular flexibility index (Phi) is 3.45. The zero-order chi connectivity index (χ0) is 9.84. The molecule has 74 valence electrons. The van der Waals surface area contributed by atoms with E-state index >= 15 is 0 Å². The lowest BCUT2D eigenvalue weighted by atomic mass is 10.2. The Hall–Kier alpha value is -0.870. The van der Waals surface area contributed by atoms with Crippen molar-refractivity contribution in [1.29, 1.82) is 0 Å². The van der Waals surface area contributed by atoms with Crippen molar-refractivity contribution in [3.05, 3.63) is 17.7 Å². The molecule has 1 rings (SSSR count). The summed E-state index contributed by atoms with van der Waals surface area (Å²) < 4.78 is 2.02. The number of imidazole rings is 1. The molecule has 1 atom stereocenters. The second kappa shape index (κ2) is 4.39. The van der Waals surface area contributed by atoms with Crippen LogP contribution in [-0.4, -0.2) is 27.3 Å². The molecule has 0 aliphatic heterocycles. The van der Waals surface area contributed by atoms with Crippen molar-refractivity contribution in [2.24, 2.45) is 5.73 Å². The highest BCUT2D eigenvalue weighted by Gasteiger charge is 2.06. The number of nitrogens with zero attached hydrogens (tertiary/aromatic N) is 2. The summed E-state index contributed by atoms with van der Waals surface area (Å²) >= 11 is 0. The van der Waals surface area contributed by atoms with Crippen LogP contribution < -0.4 is 5.73 Å². The van der Waals surface area contributed by atoms with E-state index in [2.05, 4.69) is 4.98 Å². The fourth-order valence-electron chi connectivity index (χ4n) is 1.24. The van der Waals surface area contributed by atoms with Crippen molar-refractivity contribution in [3.8, 4) is 0 Å². The van der Waals surface area contributed by atoms with Gasteiger partial charge in [0.15, 0.2) is 0 Å². The third-order valence-electron chi connectivity index (χ3n) is 2.28. The third kappa shape index (κ3) is 2.54. The topological polar surface area (TPSA) is 64.1 Å². The first-order chi connectivity index (χ1) is 6.15. The lowest BCUT2D eigenvalue weighted by Crippen LogP contribution is -2.27. The predicted octanol–water partition coefficient (Wildman–Crippen LogP) is 0.210. The number of aromatic nitrogens is 2. The van der Waals surface area contributed by atoms with Gasteiger partial charge in [-0.05, 0) is 20.3 Å². The van der Waals surface area contributed by atoms with Crippen LogP contribution in [0.5, 0.6) is 0 Å². The van der Waals surface area contributed by atoms with Gasteiger partial charge in [0, 0.05) is 24.9 Å². The van der Waals surface area contributed by atoms with Crippen LogP contribution in [0.3, 0.4) is 0 Å². The maximum atomic E-state index is 8.68. The van der Waals surface area contributed by atoms with Gasteiger partial charge in [0.05, 0.1) is 12.0 Å². The van der Waals surface area contributed by atoms with Gasteiger partial charge in [-0.3, -0.25) is 0 Å². The molecule has 0 saturated heterocycles. The summed E-state index contributed by atoms with van der Waals surface area (Å²) in [5.41, 5.74) is 7.97. The van der Waals surface area contributed by atoms with Gasteiger partial charge >= 0.3 is 0 Å². The van der Waals surface area contributed by atoms with E-state index in [9.17, 15) is 0 Å². The van der Waals surface area contributed by atoms with E-state index in [-0.39, 0.29) is 12.6 Å². The third-order valence-corrected chi connectivity index (χ3v) is 2.28. The first kappa shape index (κ1) is 10.2. The highest BCUT2D eigenvalue weighted by Crippen LogP contribution is 2.05. The fraction of sp³-hybridized carbons (Fsp3) is 0.667. The second-order valence-electron chi connectivity index (χ2n) is 3.34. The molecule has 4 heteroatoms. The molecule has 4 nitrogen and oxygen atoms in total. The molecule has 3 N–H and O–H groups in total. The SMILES string of the molecule is Cc1ncn(CC(N)CCO)c1C. The largest absolute Gasteiger partial charge is 0.396 e. The molecule has 1 aromatic heterocycles. The minimum atomic E-state index is 0.0114. The van der Waals surface area contributed by atoms with Crippen LogP contribution in [0.4, 0.5) is 0 Å². The summed E-state index contributed by atoms with van der Waals surface area (Å²) in [4.78, 5) is 4.17. The maximum Gasteiger partial charge on any atom is 0.0951 e. The zero-order valence-electron chi connectivity index (χ0n) is 8.20. The van der Waals surface area contributed by atoms with Crippen LogP contribution in [0.25, 0.3) is 0 Å². The van der Waals surface area contributed by atoms with Crippen molar-refractivity contribution in [2.75, 3.05) is 6.61 Å². The summed E-state index contributed by atoms with van der Waals surface area (Å²) in [5.74, 6) is 0. The number of aryl methyl sites for hydroxylation is 1. The number of aliphatic hydroxyl groups is 1. The van der Waals surface area contributed by atoms with Crippen molar-refractivity contribution >= 4 is 0 Å². The number of rotatable bonds is 4. The highest BCUT2D eigenvalue weighted by molar-refractivity contribution is 5.08. The number of aliphatic hydroxyl groups excluding tert-OH is 1. The van der Waals surface area contributed by atoms with Gasteiger partial charge in [0.1, 0.15) is 0 Å². The average Bonchev–Trinajstić information content (AvgIpc) is 2.37. The summed E-state index contributed by atoms with van der Waals surface area (Å²) in [6.07, 6.45) is 2.43. The number of hydrogen-bond acceptors (Lipinski definition) is 3. The maximum absolute atomic E-state index is 8.68. The smallest absolute Gasteiger partial charge is 0.0951 e.